The van der Waals surface area contributed by atoms with Gasteiger partial charge in [-0.1, -0.05) is 12.1 Å². The van der Waals surface area contributed by atoms with Crippen molar-refractivity contribution < 1.29 is 17.9 Å². The second-order valence-electron chi connectivity index (χ2n) is 3.47. The third-order valence-corrected chi connectivity index (χ3v) is 2.74. The van der Waals surface area contributed by atoms with Crippen LogP contribution in [0, 0.1) is 6.92 Å². The van der Waals surface area contributed by atoms with Crippen LogP contribution in [0.2, 0.25) is 0 Å². The quantitative estimate of drug-likeness (QED) is 0.855. The Kier molecular flexibility index (Phi) is 3.12. The first-order valence-corrected chi connectivity index (χ1v) is 5.59. The van der Waals surface area contributed by atoms with Crippen LogP contribution < -0.4 is 10.5 Å². The number of benzene rings is 1. The smallest absolute Gasteiger partial charge is 0.428 e. The standard InChI is InChI=1S/C10H8F3N3OS/c1-5-3-2-4-6(7(5)14)17-9-15-8(16-18-9)10(11,12)13/h2-4H,14H2,1H3. The molecule has 2 rings (SSSR count). The van der Waals surface area contributed by atoms with E-state index in [-0.39, 0.29) is 10.9 Å². The summed E-state index contributed by atoms with van der Waals surface area (Å²) in [6.45, 7) is 1.77. The molecule has 0 aliphatic heterocycles. The van der Waals surface area contributed by atoms with Crippen LogP contribution in [0.3, 0.4) is 0 Å². The highest BCUT2D eigenvalue weighted by Gasteiger charge is 2.36. The Hall–Kier alpha value is -1.83. The first-order valence-electron chi connectivity index (χ1n) is 4.82. The Morgan fingerprint density at radius 1 is 1.33 bits per heavy atom. The van der Waals surface area contributed by atoms with Crippen molar-refractivity contribution in [2.75, 3.05) is 5.73 Å². The molecule has 0 bridgehead atoms. The minimum atomic E-state index is -4.57. The average Bonchev–Trinajstić information content (AvgIpc) is 2.73. The summed E-state index contributed by atoms with van der Waals surface area (Å²) in [5.41, 5.74) is 6.87. The molecule has 1 aromatic carbocycles. The molecular formula is C10H8F3N3OS. The molecule has 0 fully saturated rings. The number of aromatic nitrogens is 2. The number of anilines is 1. The van der Waals surface area contributed by atoms with E-state index in [1.165, 1.54) is 0 Å². The fraction of sp³-hybridized carbons (Fsp3) is 0.200. The lowest BCUT2D eigenvalue weighted by molar-refractivity contribution is -0.144. The Morgan fingerprint density at radius 3 is 2.67 bits per heavy atom. The lowest BCUT2D eigenvalue weighted by Crippen LogP contribution is -2.07. The van der Waals surface area contributed by atoms with Gasteiger partial charge in [-0.05, 0) is 18.6 Å². The average molecular weight is 275 g/mol. The van der Waals surface area contributed by atoms with Gasteiger partial charge in [0, 0.05) is 11.5 Å². The summed E-state index contributed by atoms with van der Waals surface area (Å²) in [5.74, 6) is -0.950. The first kappa shape index (κ1) is 12.6. The minimum absolute atomic E-state index is 0.195. The van der Waals surface area contributed by atoms with E-state index in [0.717, 1.165) is 5.56 Å². The molecule has 0 aliphatic carbocycles. The van der Waals surface area contributed by atoms with Crippen molar-refractivity contribution in [3.63, 3.8) is 0 Å². The van der Waals surface area contributed by atoms with Gasteiger partial charge in [0.05, 0.1) is 5.69 Å². The molecule has 0 atom stereocenters. The van der Waals surface area contributed by atoms with Crippen molar-refractivity contribution in [3.05, 3.63) is 29.6 Å². The highest BCUT2D eigenvalue weighted by Crippen LogP contribution is 2.34. The number of para-hydroxylation sites is 1. The van der Waals surface area contributed by atoms with E-state index in [1.807, 2.05) is 0 Å². The van der Waals surface area contributed by atoms with E-state index in [9.17, 15) is 13.2 Å². The molecule has 0 spiro atoms. The zero-order valence-electron chi connectivity index (χ0n) is 9.15. The maximum Gasteiger partial charge on any atom is 0.452 e. The molecule has 96 valence electrons. The van der Waals surface area contributed by atoms with E-state index < -0.39 is 12.0 Å². The fourth-order valence-corrected chi connectivity index (χ4v) is 1.77. The number of nitrogen functional groups attached to an aromatic ring is 1. The number of nitrogens with zero attached hydrogens (tertiary/aromatic N) is 2. The van der Waals surface area contributed by atoms with E-state index in [1.54, 1.807) is 25.1 Å². The monoisotopic (exact) mass is 275 g/mol. The third-order valence-electron chi connectivity index (χ3n) is 2.14. The maximum atomic E-state index is 12.3. The molecule has 1 heterocycles. The third kappa shape index (κ3) is 2.53. The number of rotatable bonds is 2. The highest BCUT2D eigenvalue weighted by atomic mass is 32.1. The van der Waals surface area contributed by atoms with Crippen molar-refractivity contribution in [1.82, 2.24) is 9.36 Å². The summed E-state index contributed by atoms with van der Waals surface area (Å²) in [6.07, 6.45) is -4.57. The van der Waals surface area contributed by atoms with Gasteiger partial charge in [0.2, 0.25) is 0 Å². The first-order chi connectivity index (χ1) is 8.38. The Bertz CT molecular complexity index is 568. The van der Waals surface area contributed by atoms with Gasteiger partial charge in [0.1, 0.15) is 0 Å². The molecule has 2 N–H and O–H groups in total. The Balaban J connectivity index is 2.24. The Morgan fingerprint density at radius 2 is 2.06 bits per heavy atom. The molecule has 18 heavy (non-hydrogen) atoms. The van der Waals surface area contributed by atoms with E-state index in [4.69, 9.17) is 10.5 Å². The number of hydrogen-bond acceptors (Lipinski definition) is 5. The van der Waals surface area contributed by atoms with E-state index in [2.05, 4.69) is 9.36 Å². The maximum absolute atomic E-state index is 12.3. The predicted octanol–water partition coefficient (Wildman–Crippen LogP) is 3.24. The SMILES string of the molecule is Cc1cccc(Oc2nc(C(F)(F)F)ns2)c1N. The molecule has 0 unspecified atom stereocenters. The number of aryl methyl sites for hydroxylation is 1. The van der Waals surface area contributed by atoms with Gasteiger partial charge in [-0.15, -0.1) is 0 Å². The number of nitrogens with two attached hydrogens (primary N) is 1. The molecular weight excluding hydrogens is 267 g/mol. The summed E-state index contributed by atoms with van der Waals surface area (Å²) in [5, 5.41) is -0.195. The Labute approximate surface area is 104 Å². The van der Waals surface area contributed by atoms with Crippen molar-refractivity contribution >= 4 is 17.2 Å². The minimum Gasteiger partial charge on any atom is -0.428 e. The molecule has 1 aromatic heterocycles. The van der Waals surface area contributed by atoms with Gasteiger partial charge in [0.15, 0.2) is 5.75 Å². The van der Waals surface area contributed by atoms with Crippen LogP contribution in [0.15, 0.2) is 18.2 Å². The van der Waals surface area contributed by atoms with E-state index >= 15 is 0 Å². The van der Waals surface area contributed by atoms with Crippen molar-refractivity contribution in [1.29, 1.82) is 0 Å². The van der Waals surface area contributed by atoms with Crippen LogP contribution in [0.5, 0.6) is 10.9 Å². The number of hydrogen-bond donors (Lipinski definition) is 1. The number of alkyl halides is 3. The largest absolute Gasteiger partial charge is 0.452 e. The molecule has 8 heteroatoms. The molecule has 0 aliphatic rings. The fourth-order valence-electron chi connectivity index (χ4n) is 1.20. The number of halogens is 3. The van der Waals surface area contributed by atoms with Gasteiger partial charge in [0.25, 0.3) is 11.0 Å². The number of ether oxygens (including phenoxy) is 1. The molecule has 4 nitrogen and oxygen atoms in total. The molecule has 0 saturated carbocycles. The van der Waals surface area contributed by atoms with Crippen LogP contribution >= 0.6 is 11.5 Å². The lowest BCUT2D eigenvalue weighted by atomic mass is 10.2. The van der Waals surface area contributed by atoms with Crippen LogP contribution in [-0.4, -0.2) is 9.36 Å². The molecule has 0 saturated heterocycles. The summed E-state index contributed by atoms with van der Waals surface area (Å²) < 4.78 is 45.2. The van der Waals surface area contributed by atoms with Crippen molar-refractivity contribution in [3.8, 4) is 10.9 Å². The van der Waals surface area contributed by atoms with Gasteiger partial charge >= 0.3 is 6.18 Å². The highest BCUT2D eigenvalue weighted by molar-refractivity contribution is 7.07. The summed E-state index contributed by atoms with van der Waals surface area (Å²) in [7, 11) is 0. The lowest BCUT2D eigenvalue weighted by Gasteiger charge is -2.06. The van der Waals surface area contributed by atoms with E-state index in [0.29, 0.717) is 17.2 Å². The van der Waals surface area contributed by atoms with Crippen LogP contribution in [0.4, 0.5) is 18.9 Å². The van der Waals surface area contributed by atoms with Gasteiger partial charge < -0.3 is 10.5 Å². The van der Waals surface area contributed by atoms with Gasteiger partial charge in [-0.2, -0.15) is 22.5 Å². The molecule has 0 amide bonds. The van der Waals surface area contributed by atoms with Crippen LogP contribution in [0.25, 0.3) is 0 Å². The summed E-state index contributed by atoms with van der Waals surface area (Å²) in [4.78, 5) is 3.25. The van der Waals surface area contributed by atoms with Gasteiger partial charge in [-0.25, -0.2) is 0 Å². The zero-order chi connectivity index (χ0) is 13.3. The predicted molar refractivity (Wildman–Crippen MR) is 60.6 cm³/mol. The second kappa shape index (κ2) is 4.45. The van der Waals surface area contributed by atoms with Crippen molar-refractivity contribution in [2.24, 2.45) is 0 Å². The summed E-state index contributed by atoms with van der Waals surface area (Å²) in [6, 6.07) is 5.01. The topological polar surface area (TPSA) is 61.0 Å². The molecule has 2 aromatic rings. The normalized spacial score (nSPS) is 11.6. The van der Waals surface area contributed by atoms with Gasteiger partial charge in [-0.3, -0.25) is 0 Å². The zero-order valence-corrected chi connectivity index (χ0v) is 9.97. The second-order valence-corrected chi connectivity index (χ2v) is 4.18. The molecule has 0 radical (unpaired) electrons. The van der Waals surface area contributed by atoms with Crippen molar-refractivity contribution in [2.45, 2.75) is 13.1 Å². The van der Waals surface area contributed by atoms with Crippen LogP contribution in [-0.2, 0) is 6.18 Å². The summed E-state index contributed by atoms with van der Waals surface area (Å²) >= 11 is 0.527. The van der Waals surface area contributed by atoms with Crippen LogP contribution in [0.1, 0.15) is 11.4 Å².